The van der Waals surface area contributed by atoms with Crippen molar-refractivity contribution in [3.05, 3.63) is 45.9 Å². The van der Waals surface area contributed by atoms with Gasteiger partial charge >= 0.3 is 0 Å². The van der Waals surface area contributed by atoms with Gasteiger partial charge in [-0.05, 0) is 58.4 Å². The van der Waals surface area contributed by atoms with Crippen molar-refractivity contribution in [1.29, 1.82) is 0 Å². The van der Waals surface area contributed by atoms with Crippen LogP contribution in [-0.2, 0) is 16.0 Å². The van der Waals surface area contributed by atoms with E-state index in [9.17, 15) is 19.7 Å². The van der Waals surface area contributed by atoms with Gasteiger partial charge in [-0.25, -0.2) is 0 Å². The molecule has 3 aliphatic heterocycles. The normalized spacial score (nSPS) is 27.6. The van der Waals surface area contributed by atoms with Crippen molar-refractivity contribution in [3.63, 3.8) is 0 Å². The SMILES string of the molecule is CC#CCCCCN1C[C@H]([N+](=O)[O-])[C@@H](c2coc(CCC#CC)c2)[C@]2(C[C@@H]3/C=C\CCCCN3C2=O)C1=O. The van der Waals surface area contributed by atoms with E-state index in [2.05, 4.69) is 29.8 Å². The monoisotopic (exact) mass is 519 g/mol. The minimum atomic E-state index is -1.52. The molecule has 0 unspecified atom stereocenters. The van der Waals surface area contributed by atoms with Crippen molar-refractivity contribution in [2.75, 3.05) is 19.6 Å². The number of carbonyl (C=O) groups excluding carboxylic acids is 2. The smallest absolute Gasteiger partial charge is 0.239 e. The Hall–Kier alpha value is -3.52. The molecule has 2 fully saturated rings. The third-order valence-corrected chi connectivity index (χ3v) is 8.08. The Labute approximate surface area is 225 Å². The molecule has 2 saturated heterocycles. The predicted molar refractivity (Wildman–Crippen MR) is 143 cm³/mol. The number of likely N-dealkylation sites (tertiary alicyclic amines) is 1. The molecule has 4 heterocycles. The minimum absolute atomic E-state index is 0.0205. The maximum Gasteiger partial charge on any atom is 0.239 e. The van der Waals surface area contributed by atoms with Crippen molar-refractivity contribution >= 4 is 11.8 Å². The first-order valence-corrected chi connectivity index (χ1v) is 13.7. The number of hydrogen-bond acceptors (Lipinski definition) is 5. The lowest BCUT2D eigenvalue weighted by atomic mass is 9.64. The number of allylic oxidation sites excluding steroid dienone is 1. The van der Waals surface area contributed by atoms with Gasteiger partial charge in [-0.15, -0.1) is 23.7 Å². The predicted octanol–water partition coefficient (Wildman–Crippen LogP) is 4.33. The van der Waals surface area contributed by atoms with E-state index < -0.39 is 17.4 Å². The van der Waals surface area contributed by atoms with Crippen molar-refractivity contribution in [2.24, 2.45) is 5.41 Å². The zero-order valence-corrected chi connectivity index (χ0v) is 22.4. The number of rotatable bonds is 8. The quantitative estimate of drug-likeness (QED) is 0.127. The maximum absolute atomic E-state index is 14.3. The summed E-state index contributed by atoms with van der Waals surface area (Å²) < 4.78 is 5.79. The Kier molecular flexibility index (Phi) is 8.94. The fourth-order valence-electron chi connectivity index (χ4n) is 6.30. The van der Waals surface area contributed by atoms with E-state index in [1.807, 2.05) is 6.08 Å². The molecule has 3 aliphatic rings. The molecular weight excluding hydrogens is 482 g/mol. The molecule has 0 aliphatic carbocycles. The van der Waals surface area contributed by atoms with Gasteiger partial charge in [0.05, 0.1) is 24.8 Å². The Bertz CT molecular complexity index is 1200. The Morgan fingerprint density at radius 1 is 1.13 bits per heavy atom. The highest BCUT2D eigenvalue weighted by molar-refractivity contribution is 6.08. The summed E-state index contributed by atoms with van der Waals surface area (Å²) in [6, 6.07) is 0.446. The number of nitro groups is 1. The zero-order valence-electron chi connectivity index (χ0n) is 22.4. The van der Waals surface area contributed by atoms with Crippen molar-refractivity contribution in [1.82, 2.24) is 9.80 Å². The third kappa shape index (κ3) is 5.36. The highest BCUT2D eigenvalue weighted by Crippen LogP contribution is 2.53. The lowest BCUT2D eigenvalue weighted by Crippen LogP contribution is -2.63. The summed E-state index contributed by atoms with van der Waals surface area (Å²) >= 11 is 0. The number of hydrogen-bond donors (Lipinski definition) is 0. The molecule has 0 aromatic carbocycles. The van der Waals surface area contributed by atoms with Crippen LogP contribution in [0.5, 0.6) is 0 Å². The van der Waals surface area contributed by atoms with E-state index in [0.29, 0.717) is 50.1 Å². The van der Waals surface area contributed by atoms with Gasteiger partial charge in [0.15, 0.2) is 0 Å². The van der Waals surface area contributed by atoms with Crippen molar-refractivity contribution < 1.29 is 18.9 Å². The second-order valence-electron chi connectivity index (χ2n) is 10.4. The molecule has 4 atom stereocenters. The van der Waals surface area contributed by atoms with Gasteiger partial charge < -0.3 is 14.2 Å². The summed E-state index contributed by atoms with van der Waals surface area (Å²) in [5.74, 6) is 11.0. The first-order valence-electron chi connectivity index (χ1n) is 13.7. The third-order valence-electron chi connectivity index (χ3n) is 8.08. The maximum atomic E-state index is 14.3. The number of piperidine rings is 1. The average Bonchev–Trinajstić information content (AvgIpc) is 3.44. The van der Waals surface area contributed by atoms with Crippen LogP contribution in [-0.4, -0.2) is 58.3 Å². The van der Waals surface area contributed by atoms with Gasteiger partial charge in [0.25, 0.3) is 0 Å². The van der Waals surface area contributed by atoms with E-state index in [-0.39, 0.29) is 35.7 Å². The molecular formula is C30H37N3O5. The molecule has 1 spiro atoms. The van der Waals surface area contributed by atoms with Crippen LogP contribution in [0.15, 0.2) is 28.9 Å². The highest BCUT2D eigenvalue weighted by atomic mass is 16.6. The molecule has 202 valence electrons. The van der Waals surface area contributed by atoms with Crippen LogP contribution in [0.3, 0.4) is 0 Å². The van der Waals surface area contributed by atoms with Gasteiger partial charge in [0.1, 0.15) is 11.2 Å². The molecule has 1 aromatic rings. The number of nitrogens with zero attached hydrogens (tertiary/aromatic N) is 3. The summed E-state index contributed by atoms with van der Waals surface area (Å²) in [6.07, 6.45) is 12.0. The van der Waals surface area contributed by atoms with Crippen molar-refractivity contribution in [3.8, 4) is 23.7 Å². The first-order chi connectivity index (χ1) is 18.4. The standard InChI is InChI=1S/C30H37N3O5/c1-3-5-7-9-13-17-31-21-26(33(36)37)27(23-19-25(38-22-23)16-11-6-4-2)30(28(31)34)20-24-15-12-8-10-14-18-32(24)29(30)35/h12,15,19,22,24,26-27H,7-11,13-14,16-18,20-21H2,1-2H3/b15-12-/t24-,26-,27+,30+/m0/s1. The van der Waals surface area contributed by atoms with Crippen LogP contribution in [0.2, 0.25) is 0 Å². The average molecular weight is 520 g/mol. The zero-order chi connectivity index (χ0) is 27.1. The van der Waals surface area contributed by atoms with Crippen LogP contribution in [0.25, 0.3) is 0 Å². The van der Waals surface area contributed by atoms with Crippen LogP contribution >= 0.6 is 0 Å². The molecule has 4 rings (SSSR count). The van der Waals surface area contributed by atoms with E-state index in [1.165, 1.54) is 6.26 Å². The highest BCUT2D eigenvalue weighted by Gasteiger charge is 2.68. The molecule has 8 nitrogen and oxygen atoms in total. The molecule has 38 heavy (non-hydrogen) atoms. The van der Waals surface area contributed by atoms with Crippen LogP contribution in [0, 0.1) is 39.2 Å². The molecule has 2 amide bonds. The van der Waals surface area contributed by atoms with Gasteiger partial charge in [-0.3, -0.25) is 19.7 Å². The lowest BCUT2D eigenvalue weighted by molar-refractivity contribution is -0.531. The lowest BCUT2D eigenvalue weighted by Gasteiger charge is -2.44. The molecule has 0 bridgehead atoms. The fourth-order valence-corrected chi connectivity index (χ4v) is 6.30. The summed E-state index contributed by atoms with van der Waals surface area (Å²) in [7, 11) is 0. The van der Waals surface area contributed by atoms with E-state index in [0.717, 1.165) is 25.7 Å². The first kappa shape index (κ1) is 27.5. The topological polar surface area (TPSA) is 96.9 Å². The molecule has 0 N–H and O–H groups in total. The van der Waals surface area contributed by atoms with Gasteiger partial charge in [0.2, 0.25) is 17.9 Å². The van der Waals surface area contributed by atoms with Gasteiger partial charge in [0, 0.05) is 42.8 Å². The Morgan fingerprint density at radius 3 is 2.68 bits per heavy atom. The van der Waals surface area contributed by atoms with Gasteiger partial charge in [-0.1, -0.05) is 12.2 Å². The molecule has 8 heteroatoms. The van der Waals surface area contributed by atoms with Gasteiger partial charge in [-0.2, -0.15) is 0 Å². The largest absolute Gasteiger partial charge is 0.469 e. The fraction of sp³-hybridized carbons (Fsp3) is 0.600. The summed E-state index contributed by atoms with van der Waals surface area (Å²) in [5.41, 5.74) is -0.965. The van der Waals surface area contributed by atoms with E-state index >= 15 is 0 Å². The summed E-state index contributed by atoms with van der Waals surface area (Å²) in [4.78, 5) is 44.2. The Balaban J connectivity index is 1.74. The number of unbranched alkanes of at least 4 members (excludes halogenated alkanes) is 2. The van der Waals surface area contributed by atoms with Crippen LogP contribution in [0.4, 0.5) is 0 Å². The summed E-state index contributed by atoms with van der Waals surface area (Å²) in [6.45, 7) is 4.48. The van der Waals surface area contributed by atoms with E-state index in [1.54, 1.807) is 29.7 Å². The molecule has 0 radical (unpaired) electrons. The molecule has 1 aromatic heterocycles. The number of aryl methyl sites for hydroxylation is 1. The minimum Gasteiger partial charge on any atom is -0.469 e. The van der Waals surface area contributed by atoms with Crippen molar-refractivity contribution in [2.45, 2.75) is 89.6 Å². The second kappa shape index (κ2) is 12.3. The number of amides is 2. The Morgan fingerprint density at radius 2 is 1.92 bits per heavy atom. The second-order valence-corrected chi connectivity index (χ2v) is 10.4. The number of fused-ring (bicyclic) bond motifs is 1. The van der Waals surface area contributed by atoms with Crippen LogP contribution in [0.1, 0.15) is 82.5 Å². The van der Waals surface area contributed by atoms with Crippen LogP contribution < -0.4 is 0 Å². The number of carbonyl (C=O) groups is 2. The molecule has 0 saturated carbocycles. The number of furan rings is 1. The van der Waals surface area contributed by atoms with E-state index in [4.69, 9.17) is 4.42 Å². The summed E-state index contributed by atoms with van der Waals surface area (Å²) in [5, 5.41) is 12.6.